The number of carbonyl (C=O) groups is 1. The summed E-state index contributed by atoms with van der Waals surface area (Å²) in [5, 5.41) is 4.91. The highest BCUT2D eigenvalue weighted by atomic mass is 35.5. The molecular formula is C26H26ClN3O2. The number of aliphatic imine (C=N–C) groups is 1. The molecule has 1 spiro atoms. The van der Waals surface area contributed by atoms with E-state index in [9.17, 15) is 4.79 Å². The van der Waals surface area contributed by atoms with Crippen molar-refractivity contribution >= 4 is 23.7 Å². The molecule has 2 aromatic carbocycles. The van der Waals surface area contributed by atoms with Gasteiger partial charge in [-0.25, -0.2) is 0 Å². The number of fused-ring (bicyclic) bond motifs is 2. The van der Waals surface area contributed by atoms with E-state index in [1.807, 2.05) is 38.1 Å². The lowest BCUT2D eigenvalue weighted by atomic mass is 9.62. The van der Waals surface area contributed by atoms with Crippen LogP contribution in [0.4, 0.5) is 0 Å². The molecule has 0 radical (unpaired) electrons. The predicted molar refractivity (Wildman–Crippen MR) is 126 cm³/mol. The smallest absolute Gasteiger partial charge is 0.152 e. The molecule has 2 unspecified atom stereocenters. The molecule has 0 fully saturated rings. The first kappa shape index (κ1) is 21.0. The number of hydrogen-bond donors (Lipinski definition) is 1. The fourth-order valence-electron chi connectivity index (χ4n) is 5.54. The van der Waals surface area contributed by atoms with Gasteiger partial charge in [0.05, 0.1) is 11.5 Å². The molecule has 164 valence electrons. The maximum atomic E-state index is 13.0. The van der Waals surface area contributed by atoms with Gasteiger partial charge in [0.25, 0.3) is 0 Å². The second kappa shape index (κ2) is 7.59. The lowest BCUT2D eigenvalue weighted by Crippen LogP contribution is -2.47. The molecule has 0 aliphatic heterocycles. The van der Waals surface area contributed by atoms with Gasteiger partial charge in [-0.2, -0.15) is 0 Å². The second-order valence-electron chi connectivity index (χ2n) is 9.02. The Morgan fingerprint density at radius 2 is 2.06 bits per heavy atom. The first-order valence-electron chi connectivity index (χ1n) is 11.1. The van der Waals surface area contributed by atoms with Gasteiger partial charge in [-0.3, -0.25) is 4.99 Å². The zero-order valence-electron chi connectivity index (χ0n) is 18.3. The van der Waals surface area contributed by atoms with Crippen LogP contribution >= 0.6 is 11.6 Å². The van der Waals surface area contributed by atoms with Crippen molar-refractivity contribution in [3.63, 3.8) is 0 Å². The van der Waals surface area contributed by atoms with Crippen LogP contribution in [0.1, 0.15) is 47.9 Å². The lowest BCUT2D eigenvalue weighted by molar-refractivity contribution is -0.117. The van der Waals surface area contributed by atoms with Gasteiger partial charge in [-0.15, -0.1) is 0 Å². The maximum absolute atomic E-state index is 13.0. The summed E-state index contributed by atoms with van der Waals surface area (Å²) in [5.41, 5.74) is 11.1. The number of carbonyl (C=O) groups excluding carboxylic acids is 1. The Bertz CT molecular complexity index is 1250. The van der Waals surface area contributed by atoms with Crippen molar-refractivity contribution in [2.75, 3.05) is 0 Å². The first-order chi connectivity index (χ1) is 15.4. The molecular weight excluding hydrogens is 422 g/mol. The number of amidine groups is 1. The van der Waals surface area contributed by atoms with Gasteiger partial charge in [0.15, 0.2) is 6.29 Å². The number of aldehydes is 1. The van der Waals surface area contributed by atoms with Crippen LogP contribution in [-0.4, -0.2) is 17.3 Å². The van der Waals surface area contributed by atoms with Crippen molar-refractivity contribution < 1.29 is 9.32 Å². The van der Waals surface area contributed by atoms with E-state index in [0.717, 1.165) is 64.8 Å². The van der Waals surface area contributed by atoms with Crippen LogP contribution < -0.4 is 5.73 Å². The largest absolute Gasteiger partial charge is 0.387 e. The minimum absolute atomic E-state index is 0.396. The number of aromatic nitrogens is 1. The molecule has 1 heterocycles. The third-order valence-corrected chi connectivity index (χ3v) is 7.53. The van der Waals surface area contributed by atoms with Gasteiger partial charge in [0.2, 0.25) is 0 Å². The third-order valence-electron chi connectivity index (χ3n) is 7.29. The number of benzene rings is 2. The van der Waals surface area contributed by atoms with Gasteiger partial charge in [-0.05, 0) is 73.1 Å². The lowest BCUT2D eigenvalue weighted by Gasteiger charge is -2.43. The van der Waals surface area contributed by atoms with Gasteiger partial charge in [0, 0.05) is 22.4 Å². The van der Waals surface area contributed by atoms with Gasteiger partial charge >= 0.3 is 0 Å². The quantitative estimate of drug-likeness (QED) is 0.338. The zero-order valence-corrected chi connectivity index (χ0v) is 19.1. The van der Waals surface area contributed by atoms with E-state index in [4.69, 9.17) is 26.9 Å². The average molecular weight is 448 g/mol. The zero-order chi connectivity index (χ0) is 22.5. The molecule has 2 aliphatic carbocycles. The van der Waals surface area contributed by atoms with Gasteiger partial charge in [-0.1, -0.05) is 47.9 Å². The topological polar surface area (TPSA) is 81.5 Å². The molecule has 2 aliphatic rings. The standard InChI is InChI=1S/C26H26ClN3O2/c1-3-24(28)29-26(15-31)22-12-18(17-5-4-6-20(27)11-17)7-8-19(22)13-25(26)10-9-23-21(14-25)16(2)32-30-23/h4-8,11-12,15H,3,9-10,13-14H2,1-2H3,(H2,28,29). The third kappa shape index (κ3) is 3.02. The highest BCUT2D eigenvalue weighted by Gasteiger charge is 2.59. The summed E-state index contributed by atoms with van der Waals surface area (Å²) < 4.78 is 5.48. The Morgan fingerprint density at radius 1 is 1.25 bits per heavy atom. The van der Waals surface area contributed by atoms with Crippen molar-refractivity contribution in [1.82, 2.24) is 5.16 Å². The van der Waals surface area contributed by atoms with Gasteiger partial charge < -0.3 is 15.1 Å². The monoisotopic (exact) mass is 447 g/mol. The molecule has 2 atom stereocenters. The molecule has 0 saturated heterocycles. The Balaban J connectivity index is 1.71. The highest BCUT2D eigenvalue weighted by Crippen LogP contribution is 2.58. The van der Waals surface area contributed by atoms with E-state index in [0.29, 0.717) is 23.7 Å². The van der Waals surface area contributed by atoms with Crippen LogP contribution in [0, 0.1) is 12.3 Å². The van der Waals surface area contributed by atoms with Crippen LogP contribution in [0.15, 0.2) is 52.0 Å². The van der Waals surface area contributed by atoms with Crippen LogP contribution in [0.3, 0.4) is 0 Å². The van der Waals surface area contributed by atoms with Crippen molar-refractivity contribution in [1.29, 1.82) is 0 Å². The SMILES string of the molecule is CC/C(N)=N\C1(C=O)c2cc(-c3cccc(Cl)c3)ccc2CC12CCc1noc(C)c1C2. The van der Waals surface area contributed by atoms with E-state index < -0.39 is 11.0 Å². The first-order valence-corrected chi connectivity index (χ1v) is 11.4. The van der Waals surface area contributed by atoms with E-state index in [1.165, 1.54) is 0 Å². The van der Waals surface area contributed by atoms with Crippen molar-refractivity contribution in [3.8, 4) is 11.1 Å². The summed E-state index contributed by atoms with van der Waals surface area (Å²) >= 11 is 6.24. The number of hydrogen-bond acceptors (Lipinski definition) is 4. The predicted octanol–water partition coefficient (Wildman–Crippen LogP) is 5.20. The van der Waals surface area contributed by atoms with E-state index in [2.05, 4.69) is 23.4 Å². The molecule has 5 nitrogen and oxygen atoms in total. The second-order valence-corrected chi connectivity index (χ2v) is 9.46. The maximum Gasteiger partial charge on any atom is 0.152 e. The van der Waals surface area contributed by atoms with Crippen molar-refractivity contribution in [3.05, 3.63) is 75.6 Å². The number of rotatable bonds is 4. The molecule has 5 rings (SSSR count). The summed E-state index contributed by atoms with van der Waals surface area (Å²) in [6, 6.07) is 14.1. The molecule has 0 bridgehead atoms. The Morgan fingerprint density at radius 3 is 2.81 bits per heavy atom. The Hall–Kier alpha value is -2.92. The minimum Gasteiger partial charge on any atom is -0.387 e. The molecule has 0 saturated carbocycles. The molecule has 0 amide bonds. The van der Waals surface area contributed by atoms with Crippen LogP contribution in [0.25, 0.3) is 11.1 Å². The Labute approximate surface area is 192 Å². The molecule has 2 N–H and O–H groups in total. The molecule has 32 heavy (non-hydrogen) atoms. The molecule has 3 aromatic rings. The van der Waals surface area contributed by atoms with Crippen molar-refractivity contribution in [2.24, 2.45) is 16.1 Å². The fourth-order valence-corrected chi connectivity index (χ4v) is 5.73. The fraction of sp³-hybridized carbons (Fsp3) is 0.346. The molecule has 6 heteroatoms. The van der Waals surface area contributed by atoms with Gasteiger partial charge in [0.1, 0.15) is 11.3 Å². The summed E-state index contributed by atoms with van der Waals surface area (Å²) in [6.45, 7) is 3.90. The van der Waals surface area contributed by atoms with Crippen LogP contribution in [0.5, 0.6) is 0 Å². The normalized spacial score (nSPS) is 24.4. The Kier molecular flexibility index (Phi) is 4.97. The molecule has 1 aromatic heterocycles. The summed E-state index contributed by atoms with van der Waals surface area (Å²) in [5.74, 6) is 1.31. The summed E-state index contributed by atoms with van der Waals surface area (Å²) in [7, 11) is 0. The van der Waals surface area contributed by atoms with E-state index in [1.54, 1.807) is 0 Å². The summed E-state index contributed by atoms with van der Waals surface area (Å²) in [4.78, 5) is 18.0. The van der Waals surface area contributed by atoms with Crippen LogP contribution in [-0.2, 0) is 29.6 Å². The number of halogens is 1. The summed E-state index contributed by atoms with van der Waals surface area (Å²) in [6.07, 6.45) is 4.63. The number of nitrogens with zero attached hydrogens (tertiary/aromatic N) is 2. The average Bonchev–Trinajstić information content (AvgIpc) is 3.29. The van der Waals surface area contributed by atoms with E-state index in [-0.39, 0.29) is 0 Å². The minimum atomic E-state index is -1.04. The number of nitrogens with two attached hydrogens (primary N) is 1. The highest BCUT2D eigenvalue weighted by molar-refractivity contribution is 6.30. The van der Waals surface area contributed by atoms with Crippen molar-refractivity contribution in [2.45, 2.75) is 51.5 Å². The van der Waals surface area contributed by atoms with E-state index >= 15 is 0 Å². The van der Waals surface area contributed by atoms with Crippen LogP contribution in [0.2, 0.25) is 5.02 Å². The number of aryl methyl sites for hydroxylation is 2.